The minimum absolute atomic E-state index is 0.701. The Kier molecular flexibility index (Phi) is 28.4. The first-order valence-electron chi connectivity index (χ1n) is 23.1. The van der Waals surface area contributed by atoms with Gasteiger partial charge in [-0.05, 0) is 0 Å². The molecule has 0 aromatic heterocycles. The molecule has 0 aliphatic carbocycles. The Morgan fingerprint density at radius 1 is 0.122 bits per heavy atom. The summed E-state index contributed by atoms with van der Waals surface area (Å²) >= 11 is 0. The van der Waals surface area contributed by atoms with Gasteiger partial charge in [-0.1, -0.05) is 0 Å². The normalized spacial score (nSPS) is 16.8. The highest BCUT2D eigenvalue weighted by Crippen LogP contribution is 2.61. The van der Waals surface area contributed by atoms with E-state index in [0.29, 0.717) is 18.9 Å². The summed E-state index contributed by atoms with van der Waals surface area (Å²) in [5.41, 5.74) is 0. The van der Waals surface area contributed by atoms with Crippen LogP contribution in [-0.4, -0.2) is 206 Å². The first-order valence-corrected chi connectivity index (χ1v) is 23.1. The maximum atomic E-state index is 13.9. The quantitative estimate of drug-likeness (QED) is 0.0569. The summed E-state index contributed by atoms with van der Waals surface area (Å²) in [7, 11) is 0. The van der Waals surface area contributed by atoms with Crippen LogP contribution < -0.4 is 0 Å². The number of halogens is 65. The zero-order chi connectivity index (χ0) is 94.2. The molecule has 0 amide bonds. The zero-order valence-electron chi connectivity index (χ0n) is 48.0. The van der Waals surface area contributed by atoms with Crippen LogP contribution in [0.5, 0.6) is 0 Å². The Morgan fingerprint density at radius 3 is 0.243 bits per heavy atom. The molecule has 0 unspecified atom stereocenters. The molecule has 0 bridgehead atoms. The second kappa shape index (κ2) is 29.9. The topological polar surface area (TPSA) is 176 Å². The van der Waals surface area contributed by atoms with Gasteiger partial charge in [0.2, 0.25) is 0 Å². The molecule has 0 aromatic carbocycles. The van der Waals surface area contributed by atoms with Crippen molar-refractivity contribution in [1.82, 2.24) is 0 Å². The molecule has 0 heterocycles. The Hall–Kier alpha value is -5.68. The monoisotopic (exact) mass is 1900 g/mol. The van der Waals surface area contributed by atoms with E-state index in [1.54, 1.807) is 0 Å². The highest BCUT2D eigenvalue weighted by atomic mass is 19.5. The fourth-order valence-corrected chi connectivity index (χ4v) is 4.32. The average molecular weight is 1900 g/mol. The van der Waals surface area contributed by atoms with Gasteiger partial charge in [0.25, 0.3) is 0 Å². The standard InChI is InChI=1S/C33HF65O17/c34-2(35,1(99)100)4(39,40)101-6(43,44)8(47,48)103-10(51,52)12(55,56)105-14(59,60)16(63,64)107-18(67,68)20(71,72)109-22(75,76)24(79,80)111-26(83,84)28(87,88)113-30(91,92)32(95,96)115-33(97,98)31(93,94)114-29(89,90)27(85,86)112-25(81,82)23(77,78)110-21(73,74)19(69,70)108-17(65,66)15(61,62)106-13(57,58)11(53,54)104-9(49,50)7(45,46)102-5(41,42)3(36,37)38/h(H,99,100). The van der Waals surface area contributed by atoms with Crippen LogP contribution in [0, 0.1) is 0 Å². The molecule has 0 spiro atoms. The first kappa shape index (κ1) is 109. The van der Waals surface area contributed by atoms with E-state index in [9.17, 15) is 290 Å². The Balaban J connectivity index is 6.85. The van der Waals surface area contributed by atoms with E-state index in [-0.39, 0.29) is 0 Å². The van der Waals surface area contributed by atoms with Crippen LogP contribution in [0.3, 0.4) is 0 Å². The van der Waals surface area contributed by atoms with Crippen molar-refractivity contribution < 1.29 is 366 Å². The van der Waals surface area contributed by atoms with Gasteiger partial charge in [0.1, 0.15) is 0 Å². The third kappa shape index (κ3) is 22.3. The smallest absolute Gasteiger partial charge is 0.477 e. The van der Waals surface area contributed by atoms with Crippen molar-refractivity contribution in [3.8, 4) is 0 Å². The lowest BCUT2D eigenvalue weighted by molar-refractivity contribution is -0.607. The van der Waals surface area contributed by atoms with E-state index >= 15 is 0 Å². The number of alkyl halides is 65. The molecule has 0 aromatic rings. The van der Waals surface area contributed by atoms with E-state index in [4.69, 9.17) is 5.11 Å². The highest BCUT2D eigenvalue weighted by molar-refractivity contribution is 5.76. The summed E-state index contributed by atoms with van der Waals surface area (Å²) in [5.74, 6) is -11.7. The van der Waals surface area contributed by atoms with Crippen LogP contribution >= 0.6 is 0 Å². The number of carboxylic acids is 1. The number of aliphatic carboxylic acids is 1. The molecule has 0 aliphatic rings. The van der Waals surface area contributed by atoms with Gasteiger partial charge >= 0.3 is 201 Å². The lowest BCUT2D eigenvalue weighted by Crippen LogP contribution is -2.63. The van der Waals surface area contributed by atoms with Crippen LogP contribution in [0.15, 0.2) is 0 Å². The van der Waals surface area contributed by atoms with Gasteiger partial charge in [-0.15, -0.1) is 0 Å². The SMILES string of the molecule is O=C(O)C(F)(F)C(F)(F)OC(F)(F)C(F)(F)OC(F)(F)C(F)(F)OC(F)(F)C(F)(F)OC(F)(F)C(F)(F)OC(F)(F)C(F)(F)OC(F)(F)C(F)(F)OC(F)(F)C(F)(F)OC(F)(F)C(F)(F)OC(F)(F)C(F)(F)OC(F)(F)C(F)(F)OC(F)(F)C(F)(F)OC(F)(F)C(F)(F)OC(F)(F)C(F)(F)OC(F)(F)C(F)(F)OC(F)(F)C(F)(F)F. The summed E-state index contributed by atoms with van der Waals surface area (Å²) < 4.78 is 893. The van der Waals surface area contributed by atoms with Crippen LogP contribution in [0.4, 0.5) is 285 Å². The number of hydrogen-bond acceptors (Lipinski definition) is 16. The number of carboxylic acid groups (broad SMARTS) is 1. The summed E-state index contributed by atoms with van der Waals surface area (Å²) in [5, 5.41) is 7.77. The molecule has 17 nitrogen and oxygen atoms in total. The molecule has 0 aliphatic heterocycles. The summed E-state index contributed by atoms with van der Waals surface area (Å²) in [6.45, 7) is 0. The maximum Gasteiger partial charge on any atom is 0.483 e. The van der Waals surface area contributed by atoms with Crippen molar-refractivity contribution >= 4 is 5.97 Å². The van der Waals surface area contributed by atoms with Crippen LogP contribution in [0.1, 0.15) is 0 Å². The van der Waals surface area contributed by atoms with Crippen molar-refractivity contribution in [2.75, 3.05) is 0 Å². The van der Waals surface area contributed by atoms with E-state index in [2.05, 4.69) is 0 Å². The Labute approximate surface area is 569 Å². The second-order valence-corrected chi connectivity index (χ2v) is 18.4. The molecule has 0 atom stereocenters. The van der Waals surface area contributed by atoms with Crippen molar-refractivity contribution in [1.29, 1.82) is 0 Å². The second-order valence-electron chi connectivity index (χ2n) is 18.4. The predicted molar refractivity (Wildman–Crippen MR) is 183 cm³/mol. The lowest BCUT2D eigenvalue weighted by atomic mass is 10.3. The number of hydrogen-bond donors (Lipinski definition) is 1. The molecular formula is C33HF65O17. The van der Waals surface area contributed by atoms with Crippen LogP contribution in [0.2, 0.25) is 0 Å². The fourth-order valence-electron chi connectivity index (χ4n) is 4.32. The molecule has 0 saturated heterocycles. The zero-order valence-corrected chi connectivity index (χ0v) is 48.0. The van der Waals surface area contributed by atoms with Crippen molar-refractivity contribution in [2.24, 2.45) is 0 Å². The van der Waals surface area contributed by atoms with Gasteiger partial charge in [0.05, 0.1) is 0 Å². The summed E-state index contributed by atoms with van der Waals surface area (Å²) in [6.07, 6.45) is -272. The predicted octanol–water partition coefficient (Wildman–Crippen LogP) is 19.3. The van der Waals surface area contributed by atoms with Crippen LogP contribution in [0.25, 0.3) is 0 Å². The summed E-state index contributed by atoms with van der Waals surface area (Å²) in [6, 6.07) is 0. The van der Waals surface area contributed by atoms with E-state index in [0.717, 1.165) is 52.1 Å². The molecule has 0 rings (SSSR count). The van der Waals surface area contributed by atoms with Gasteiger partial charge in [-0.3, -0.25) is 0 Å². The minimum atomic E-state index is -9.13. The number of carbonyl (C=O) groups is 1. The van der Waals surface area contributed by atoms with Crippen molar-refractivity contribution in [3.05, 3.63) is 0 Å². The number of rotatable bonds is 46. The Bertz CT molecular complexity index is 3280. The van der Waals surface area contributed by atoms with E-state index < -0.39 is 201 Å². The molecule has 0 saturated carbocycles. The fraction of sp³-hybridized carbons (Fsp3) is 0.970. The molecule has 690 valence electrons. The molecule has 0 fully saturated rings. The van der Waals surface area contributed by atoms with Crippen LogP contribution in [-0.2, 0) is 75.8 Å². The molecule has 82 heteroatoms. The van der Waals surface area contributed by atoms with Gasteiger partial charge < -0.3 is 5.11 Å². The maximum absolute atomic E-state index is 13.9. The van der Waals surface area contributed by atoms with Gasteiger partial charge in [-0.25, -0.2) is 75.8 Å². The van der Waals surface area contributed by atoms with Crippen molar-refractivity contribution in [3.63, 3.8) is 0 Å². The molecule has 115 heavy (non-hydrogen) atoms. The first-order chi connectivity index (χ1) is 48.5. The Morgan fingerprint density at radius 2 is 0.183 bits per heavy atom. The third-order valence-electron chi connectivity index (χ3n) is 9.55. The largest absolute Gasteiger partial charge is 0.483 e. The number of ether oxygens (including phenoxy) is 15. The summed E-state index contributed by atoms with van der Waals surface area (Å²) in [4.78, 5) is 10.0. The molecular weight excluding hydrogens is 1900 g/mol. The molecule has 1 N–H and O–H groups in total. The van der Waals surface area contributed by atoms with E-state index in [1.807, 2.05) is 0 Å². The van der Waals surface area contributed by atoms with Gasteiger partial charge in [-0.2, -0.15) is 285 Å². The van der Waals surface area contributed by atoms with Gasteiger partial charge in [0, 0.05) is 0 Å². The molecule has 0 radical (unpaired) electrons. The minimum Gasteiger partial charge on any atom is -0.477 e. The highest BCUT2D eigenvalue weighted by Gasteiger charge is 2.87. The van der Waals surface area contributed by atoms with Crippen molar-refractivity contribution in [2.45, 2.75) is 195 Å². The van der Waals surface area contributed by atoms with E-state index in [1.165, 1.54) is 0 Å². The van der Waals surface area contributed by atoms with Gasteiger partial charge in [0.15, 0.2) is 0 Å². The average Bonchev–Trinajstić information content (AvgIpc) is 0.742. The lowest BCUT2D eigenvalue weighted by Gasteiger charge is -2.38. The third-order valence-corrected chi connectivity index (χ3v) is 9.55.